The molecule has 0 spiro atoms. The number of para-hydroxylation sites is 1. The van der Waals surface area contributed by atoms with Crippen LogP contribution in [0.25, 0.3) is 6.08 Å². The van der Waals surface area contributed by atoms with E-state index in [4.69, 9.17) is 5.26 Å². The lowest BCUT2D eigenvalue weighted by molar-refractivity contribution is -0.112. The summed E-state index contributed by atoms with van der Waals surface area (Å²) in [5, 5.41) is 21.6. The first-order chi connectivity index (χ1) is 10.5. The van der Waals surface area contributed by atoms with Gasteiger partial charge >= 0.3 is 0 Å². The minimum Gasteiger partial charge on any atom is -0.507 e. The van der Waals surface area contributed by atoms with Gasteiger partial charge in [-0.1, -0.05) is 24.3 Å². The van der Waals surface area contributed by atoms with E-state index < -0.39 is 5.91 Å². The third-order valence-corrected chi connectivity index (χ3v) is 3.37. The van der Waals surface area contributed by atoms with Crippen molar-refractivity contribution in [2.75, 3.05) is 5.32 Å². The van der Waals surface area contributed by atoms with Crippen molar-refractivity contribution in [1.82, 2.24) is 0 Å². The number of carbonyl (C=O) groups excluding carboxylic acids is 1. The van der Waals surface area contributed by atoms with Crippen LogP contribution in [0.15, 0.2) is 48.0 Å². The monoisotopic (exact) mass is 292 g/mol. The molecule has 0 saturated heterocycles. The second kappa shape index (κ2) is 6.59. The Bertz CT molecular complexity index is 786. The number of anilines is 1. The van der Waals surface area contributed by atoms with Crippen molar-refractivity contribution >= 4 is 17.7 Å². The van der Waals surface area contributed by atoms with Gasteiger partial charge in [0.25, 0.3) is 5.91 Å². The summed E-state index contributed by atoms with van der Waals surface area (Å²) in [6.07, 6.45) is 1.37. The van der Waals surface area contributed by atoms with Crippen LogP contribution in [0.4, 0.5) is 5.69 Å². The number of hydrogen-bond donors (Lipinski definition) is 2. The Morgan fingerprint density at radius 1 is 1.18 bits per heavy atom. The first kappa shape index (κ1) is 15.3. The van der Waals surface area contributed by atoms with Crippen molar-refractivity contribution in [1.29, 1.82) is 5.26 Å². The van der Waals surface area contributed by atoms with Crippen LogP contribution in [-0.4, -0.2) is 11.0 Å². The topological polar surface area (TPSA) is 73.1 Å². The van der Waals surface area contributed by atoms with Crippen LogP contribution in [0.3, 0.4) is 0 Å². The van der Waals surface area contributed by atoms with Crippen LogP contribution in [0.2, 0.25) is 0 Å². The van der Waals surface area contributed by atoms with Gasteiger partial charge in [0.15, 0.2) is 0 Å². The molecule has 0 bridgehead atoms. The molecule has 0 aliphatic carbocycles. The van der Waals surface area contributed by atoms with Crippen molar-refractivity contribution in [3.8, 4) is 11.8 Å². The average Bonchev–Trinajstić information content (AvgIpc) is 2.50. The molecule has 0 heterocycles. The summed E-state index contributed by atoms with van der Waals surface area (Å²) in [4.78, 5) is 12.2. The van der Waals surface area contributed by atoms with Gasteiger partial charge in [-0.2, -0.15) is 5.26 Å². The lowest BCUT2D eigenvalue weighted by Crippen LogP contribution is -2.13. The highest BCUT2D eigenvalue weighted by Gasteiger charge is 2.11. The van der Waals surface area contributed by atoms with Crippen molar-refractivity contribution in [3.05, 3.63) is 64.7 Å². The largest absolute Gasteiger partial charge is 0.507 e. The molecule has 22 heavy (non-hydrogen) atoms. The number of nitriles is 1. The van der Waals surface area contributed by atoms with E-state index in [1.165, 1.54) is 12.1 Å². The highest BCUT2D eigenvalue weighted by molar-refractivity contribution is 6.09. The Kier molecular flexibility index (Phi) is 4.60. The summed E-state index contributed by atoms with van der Waals surface area (Å²) >= 11 is 0. The molecule has 2 N–H and O–H groups in total. The molecular weight excluding hydrogens is 276 g/mol. The van der Waals surface area contributed by atoms with Gasteiger partial charge in [0.1, 0.15) is 17.4 Å². The van der Waals surface area contributed by atoms with E-state index in [9.17, 15) is 9.90 Å². The van der Waals surface area contributed by atoms with Crippen molar-refractivity contribution < 1.29 is 9.90 Å². The molecule has 2 rings (SSSR count). The molecule has 4 heteroatoms. The number of phenols is 1. The highest BCUT2D eigenvalue weighted by atomic mass is 16.3. The van der Waals surface area contributed by atoms with E-state index in [1.807, 2.05) is 32.0 Å². The van der Waals surface area contributed by atoms with Gasteiger partial charge in [-0.05, 0) is 49.2 Å². The van der Waals surface area contributed by atoms with Crippen LogP contribution >= 0.6 is 0 Å². The number of amides is 1. The van der Waals surface area contributed by atoms with Gasteiger partial charge in [0, 0.05) is 11.3 Å². The van der Waals surface area contributed by atoms with Gasteiger partial charge in [-0.25, -0.2) is 0 Å². The highest BCUT2D eigenvalue weighted by Crippen LogP contribution is 2.20. The maximum absolute atomic E-state index is 12.2. The molecule has 0 fully saturated rings. The zero-order chi connectivity index (χ0) is 16.1. The molecule has 0 aromatic heterocycles. The van der Waals surface area contributed by atoms with Crippen LogP contribution in [0.5, 0.6) is 5.75 Å². The van der Waals surface area contributed by atoms with Crippen LogP contribution in [0, 0.1) is 25.2 Å². The maximum Gasteiger partial charge on any atom is 0.266 e. The smallest absolute Gasteiger partial charge is 0.266 e. The summed E-state index contributed by atoms with van der Waals surface area (Å²) in [6, 6.07) is 13.9. The number of aryl methyl sites for hydroxylation is 2. The summed E-state index contributed by atoms with van der Waals surface area (Å²) < 4.78 is 0. The first-order valence-corrected chi connectivity index (χ1v) is 6.79. The molecule has 0 unspecified atom stereocenters. The summed E-state index contributed by atoms with van der Waals surface area (Å²) in [7, 11) is 0. The molecule has 0 saturated carbocycles. The summed E-state index contributed by atoms with van der Waals surface area (Å²) in [5.41, 5.74) is 3.17. The minimum atomic E-state index is -0.506. The van der Waals surface area contributed by atoms with Crippen molar-refractivity contribution in [2.24, 2.45) is 0 Å². The van der Waals surface area contributed by atoms with Gasteiger partial charge in [-0.15, -0.1) is 0 Å². The molecule has 0 radical (unpaired) electrons. The Balaban J connectivity index is 2.24. The molecule has 0 aliphatic heterocycles. The SMILES string of the molecule is Cc1ccc(NC(=O)/C(C#N)=C/c2ccccc2O)cc1C. The zero-order valence-electron chi connectivity index (χ0n) is 12.4. The van der Waals surface area contributed by atoms with E-state index in [2.05, 4.69) is 5.32 Å². The second-order valence-corrected chi connectivity index (χ2v) is 4.98. The first-order valence-electron chi connectivity index (χ1n) is 6.79. The molecule has 110 valence electrons. The number of phenolic OH excluding ortho intramolecular Hbond substituents is 1. The Morgan fingerprint density at radius 2 is 1.91 bits per heavy atom. The fourth-order valence-electron chi connectivity index (χ4n) is 1.93. The molecule has 0 atom stereocenters. The Labute approximate surface area is 129 Å². The number of nitrogens with zero attached hydrogens (tertiary/aromatic N) is 1. The number of carbonyl (C=O) groups is 1. The molecule has 0 aliphatic rings. The standard InChI is InChI=1S/C18H16N2O2/c1-12-7-8-16(9-13(12)2)20-18(22)15(11-19)10-14-5-3-4-6-17(14)21/h3-10,21H,1-2H3,(H,20,22)/b15-10+. The number of nitrogens with one attached hydrogen (secondary N) is 1. The van der Waals surface area contributed by atoms with Crippen molar-refractivity contribution in [2.45, 2.75) is 13.8 Å². The zero-order valence-corrected chi connectivity index (χ0v) is 12.4. The number of rotatable bonds is 3. The normalized spacial score (nSPS) is 10.9. The van der Waals surface area contributed by atoms with Crippen LogP contribution in [0.1, 0.15) is 16.7 Å². The van der Waals surface area contributed by atoms with Crippen LogP contribution in [-0.2, 0) is 4.79 Å². The molecule has 4 nitrogen and oxygen atoms in total. The second-order valence-electron chi connectivity index (χ2n) is 4.98. The van der Waals surface area contributed by atoms with E-state index in [0.717, 1.165) is 11.1 Å². The Hall–Kier alpha value is -3.06. The summed E-state index contributed by atoms with van der Waals surface area (Å²) in [6.45, 7) is 3.94. The third-order valence-electron chi connectivity index (χ3n) is 3.37. The van der Waals surface area contributed by atoms with Gasteiger partial charge in [-0.3, -0.25) is 4.79 Å². The molecule has 1 amide bonds. The van der Waals surface area contributed by atoms with Gasteiger partial charge in [0.2, 0.25) is 0 Å². The predicted octanol–water partition coefficient (Wildman–Crippen LogP) is 3.55. The lowest BCUT2D eigenvalue weighted by Gasteiger charge is -2.07. The number of hydrogen-bond acceptors (Lipinski definition) is 3. The number of aromatic hydroxyl groups is 1. The quantitative estimate of drug-likeness (QED) is 0.671. The van der Waals surface area contributed by atoms with E-state index >= 15 is 0 Å². The fraction of sp³-hybridized carbons (Fsp3) is 0.111. The summed E-state index contributed by atoms with van der Waals surface area (Å²) in [5.74, 6) is -0.483. The lowest BCUT2D eigenvalue weighted by atomic mass is 10.1. The minimum absolute atomic E-state index is 0.0224. The van der Waals surface area contributed by atoms with Crippen molar-refractivity contribution in [3.63, 3.8) is 0 Å². The molecule has 2 aromatic rings. The van der Waals surface area contributed by atoms with E-state index in [-0.39, 0.29) is 11.3 Å². The Morgan fingerprint density at radius 3 is 2.55 bits per heavy atom. The van der Waals surface area contributed by atoms with Gasteiger partial charge in [0.05, 0.1) is 0 Å². The maximum atomic E-state index is 12.2. The molecule has 2 aromatic carbocycles. The van der Waals surface area contributed by atoms with E-state index in [1.54, 1.807) is 24.3 Å². The third kappa shape index (κ3) is 3.53. The van der Waals surface area contributed by atoms with Gasteiger partial charge < -0.3 is 10.4 Å². The average molecular weight is 292 g/mol. The fourth-order valence-corrected chi connectivity index (χ4v) is 1.93. The van der Waals surface area contributed by atoms with E-state index in [0.29, 0.717) is 11.3 Å². The predicted molar refractivity (Wildman–Crippen MR) is 86.2 cm³/mol. The molecular formula is C18H16N2O2. The van der Waals surface area contributed by atoms with Crippen LogP contribution < -0.4 is 5.32 Å². The number of benzene rings is 2.